The van der Waals surface area contributed by atoms with Crippen LogP contribution in [0.5, 0.6) is 0 Å². The Morgan fingerprint density at radius 1 is 0.971 bits per heavy atom. The molecule has 0 aliphatic rings. The molecule has 1 aromatic heterocycles. The predicted octanol–water partition coefficient (Wildman–Crippen LogP) is 5.32. The smallest absolute Gasteiger partial charge is 0.418 e. The third-order valence-corrected chi connectivity index (χ3v) is 6.91. The fourth-order valence-corrected chi connectivity index (χ4v) is 4.90. The van der Waals surface area contributed by atoms with Gasteiger partial charge in [0.05, 0.1) is 21.5 Å². The van der Waals surface area contributed by atoms with Crippen molar-refractivity contribution >= 4 is 26.7 Å². The summed E-state index contributed by atoms with van der Waals surface area (Å²) in [6.45, 7) is 0. The molecule has 6 nitrogen and oxygen atoms in total. The lowest BCUT2D eigenvalue weighted by atomic mass is 9.93. The van der Waals surface area contributed by atoms with Gasteiger partial charge in [-0.15, -0.1) is 0 Å². The average Bonchev–Trinajstić information content (AvgIpc) is 2.81. The Morgan fingerprint density at radius 2 is 1.60 bits per heavy atom. The lowest BCUT2D eigenvalue weighted by Crippen LogP contribution is -2.15. The van der Waals surface area contributed by atoms with Gasteiger partial charge in [-0.2, -0.15) is 18.4 Å². The Morgan fingerprint density at radius 3 is 2.26 bits per heavy atom. The van der Waals surface area contributed by atoms with Crippen LogP contribution in [0.2, 0.25) is 0 Å². The number of hydrogen-bond acceptors (Lipinski definition) is 5. The predicted molar refractivity (Wildman–Crippen MR) is 122 cm³/mol. The molecule has 176 valence electrons. The standard InChI is InChI=1S/C25H15F3N2O4S/c26-25(27,28)21-9-3-8-20-23(18(12-29)13-30-24(20)21)17-6-1-4-15(10-17)16-5-2-7-19(11-16)35(33,34)14-22(31)32/h1-11,13H,14H2,(H,31,32). The Balaban J connectivity index is 1.90. The quantitative estimate of drug-likeness (QED) is 0.401. The van der Waals surface area contributed by atoms with Crippen molar-refractivity contribution in [2.24, 2.45) is 0 Å². The van der Waals surface area contributed by atoms with Crippen LogP contribution in [0.3, 0.4) is 0 Å². The summed E-state index contributed by atoms with van der Waals surface area (Å²) < 4.78 is 65.3. The summed E-state index contributed by atoms with van der Waals surface area (Å²) in [4.78, 5) is 14.6. The second kappa shape index (κ2) is 8.85. The second-order valence-corrected chi connectivity index (χ2v) is 9.61. The van der Waals surface area contributed by atoms with Gasteiger partial charge in [-0.25, -0.2) is 8.42 Å². The molecule has 0 fully saturated rings. The summed E-state index contributed by atoms with van der Waals surface area (Å²) in [6.07, 6.45) is -3.54. The van der Waals surface area contributed by atoms with Crippen LogP contribution < -0.4 is 0 Å². The number of nitriles is 1. The van der Waals surface area contributed by atoms with Crippen molar-refractivity contribution < 1.29 is 31.5 Å². The molecule has 0 atom stereocenters. The van der Waals surface area contributed by atoms with Gasteiger partial charge in [-0.1, -0.05) is 42.5 Å². The zero-order chi connectivity index (χ0) is 25.4. The summed E-state index contributed by atoms with van der Waals surface area (Å²) in [6, 6.07) is 17.9. The Bertz CT molecular complexity index is 1620. The van der Waals surface area contributed by atoms with E-state index in [0.29, 0.717) is 16.7 Å². The molecule has 0 aliphatic carbocycles. The fourth-order valence-electron chi connectivity index (χ4n) is 3.82. The molecule has 0 radical (unpaired) electrons. The topological polar surface area (TPSA) is 108 Å². The largest absolute Gasteiger partial charge is 0.480 e. The van der Waals surface area contributed by atoms with Gasteiger partial charge in [0.25, 0.3) is 0 Å². The molecular formula is C25H15F3N2O4S. The Labute approximate surface area is 197 Å². The number of nitrogens with zero attached hydrogens (tertiary/aromatic N) is 2. The number of rotatable bonds is 5. The van der Waals surface area contributed by atoms with Crippen molar-refractivity contribution in [2.75, 3.05) is 5.75 Å². The first kappa shape index (κ1) is 23.9. The number of sulfone groups is 1. The first-order chi connectivity index (χ1) is 16.5. The van der Waals surface area contributed by atoms with Gasteiger partial charge in [0.1, 0.15) is 6.07 Å². The highest BCUT2D eigenvalue weighted by Crippen LogP contribution is 2.39. The molecular weight excluding hydrogens is 481 g/mol. The average molecular weight is 496 g/mol. The van der Waals surface area contributed by atoms with Crippen LogP contribution in [0.1, 0.15) is 11.1 Å². The number of halogens is 3. The Kier molecular flexibility index (Phi) is 6.05. The summed E-state index contributed by atoms with van der Waals surface area (Å²) in [5.41, 5.74) is 0.535. The molecule has 35 heavy (non-hydrogen) atoms. The summed E-state index contributed by atoms with van der Waals surface area (Å²) in [5.74, 6) is -2.55. The number of pyridine rings is 1. The van der Waals surface area contributed by atoms with Gasteiger partial charge in [0.2, 0.25) is 0 Å². The van der Waals surface area contributed by atoms with Gasteiger partial charge in [0, 0.05) is 17.1 Å². The van der Waals surface area contributed by atoms with E-state index in [2.05, 4.69) is 4.98 Å². The number of benzene rings is 3. The molecule has 0 spiro atoms. The van der Waals surface area contributed by atoms with Crippen molar-refractivity contribution in [3.05, 3.63) is 84.1 Å². The number of carbonyl (C=O) groups is 1. The first-order valence-electron chi connectivity index (χ1n) is 10.1. The first-order valence-corrected chi connectivity index (χ1v) is 11.7. The molecule has 10 heteroatoms. The maximum absolute atomic E-state index is 13.5. The van der Waals surface area contributed by atoms with Crippen molar-refractivity contribution in [2.45, 2.75) is 11.1 Å². The summed E-state index contributed by atoms with van der Waals surface area (Å²) in [7, 11) is -4.07. The minimum absolute atomic E-state index is 0.0757. The van der Waals surface area contributed by atoms with E-state index in [-0.39, 0.29) is 26.9 Å². The van der Waals surface area contributed by atoms with Gasteiger partial charge in [0.15, 0.2) is 15.6 Å². The van der Waals surface area contributed by atoms with E-state index in [1.807, 2.05) is 6.07 Å². The molecule has 1 N–H and O–H groups in total. The molecule has 0 amide bonds. The fraction of sp³-hybridized carbons (Fsp3) is 0.0800. The second-order valence-electron chi connectivity index (χ2n) is 7.62. The molecule has 0 saturated heterocycles. The van der Waals surface area contributed by atoms with Crippen molar-refractivity contribution in [3.8, 4) is 28.3 Å². The highest BCUT2D eigenvalue weighted by atomic mass is 32.2. The zero-order valence-corrected chi connectivity index (χ0v) is 18.6. The van der Waals surface area contributed by atoms with E-state index in [9.17, 15) is 31.6 Å². The minimum atomic E-state index is -4.64. The zero-order valence-electron chi connectivity index (χ0n) is 17.7. The number of alkyl halides is 3. The van der Waals surface area contributed by atoms with E-state index in [1.54, 1.807) is 30.3 Å². The molecule has 3 aromatic carbocycles. The SMILES string of the molecule is N#Cc1cnc2c(C(F)(F)F)cccc2c1-c1cccc(-c2cccc(S(=O)(=O)CC(=O)O)c2)c1. The molecule has 0 unspecified atom stereocenters. The summed E-state index contributed by atoms with van der Waals surface area (Å²) in [5, 5.41) is 18.7. The van der Waals surface area contributed by atoms with Gasteiger partial charge in [-0.05, 0) is 41.0 Å². The minimum Gasteiger partial charge on any atom is -0.480 e. The lowest BCUT2D eigenvalue weighted by molar-refractivity contribution is -0.136. The third kappa shape index (κ3) is 4.72. The lowest BCUT2D eigenvalue weighted by Gasteiger charge is -2.14. The molecule has 4 aromatic rings. The van der Waals surface area contributed by atoms with E-state index in [0.717, 1.165) is 12.3 Å². The van der Waals surface area contributed by atoms with Crippen molar-refractivity contribution in [1.82, 2.24) is 4.98 Å². The van der Waals surface area contributed by atoms with Crippen LogP contribution in [0.15, 0.2) is 77.8 Å². The molecule has 4 rings (SSSR count). The van der Waals surface area contributed by atoms with Crippen molar-refractivity contribution in [1.29, 1.82) is 5.26 Å². The number of aliphatic carboxylic acids is 1. The maximum atomic E-state index is 13.5. The number of aromatic nitrogens is 1. The molecule has 0 bridgehead atoms. The van der Waals surface area contributed by atoms with Crippen LogP contribution in [-0.4, -0.2) is 30.2 Å². The van der Waals surface area contributed by atoms with Crippen LogP contribution in [0.4, 0.5) is 13.2 Å². The number of para-hydroxylation sites is 1. The van der Waals surface area contributed by atoms with E-state index in [4.69, 9.17) is 5.11 Å². The van der Waals surface area contributed by atoms with E-state index in [1.165, 1.54) is 30.3 Å². The monoisotopic (exact) mass is 496 g/mol. The maximum Gasteiger partial charge on any atom is 0.418 e. The number of carboxylic acids is 1. The van der Waals surface area contributed by atoms with E-state index >= 15 is 0 Å². The van der Waals surface area contributed by atoms with Crippen LogP contribution >= 0.6 is 0 Å². The summed E-state index contributed by atoms with van der Waals surface area (Å²) >= 11 is 0. The molecule has 0 saturated carbocycles. The van der Waals surface area contributed by atoms with Crippen LogP contribution in [-0.2, 0) is 20.8 Å². The van der Waals surface area contributed by atoms with Crippen LogP contribution in [0, 0.1) is 11.3 Å². The number of hydrogen-bond donors (Lipinski definition) is 1. The third-order valence-electron chi connectivity index (χ3n) is 5.31. The Hall–Kier alpha value is -4.23. The highest BCUT2D eigenvalue weighted by Gasteiger charge is 2.33. The number of carboxylic acid groups (broad SMARTS) is 1. The van der Waals surface area contributed by atoms with E-state index < -0.39 is 33.3 Å². The van der Waals surface area contributed by atoms with Gasteiger partial charge < -0.3 is 5.11 Å². The number of fused-ring (bicyclic) bond motifs is 1. The van der Waals surface area contributed by atoms with Crippen LogP contribution in [0.25, 0.3) is 33.2 Å². The molecule has 0 aliphatic heterocycles. The van der Waals surface area contributed by atoms with Gasteiger partial charge >= 0.3 is 12.1 Å². The highest BCUT2D eigenvalue weighted by molar-refractivity contribution is 7.92. The normalized spacial score (nSPS) is 11.8. The molecule has 1 heterocycles. The van der Waals surface area contributed by atoms with Crippen molar-refractivity contribution in [3.63, 3.8) is 0 Å². The van der Waals surface area contributed by atoms with Gasteiger partial charge in [-0.3, -0.25) is 9.78 Å².